The van der Waals surface area contributed by atoms with E-state index in [1.165, 1.54) is 11.3 Å². The zero-order chi connectivity index (χ0) is 8.55. The third-order valence-electron chi connectivity index (χ3n) is 2.56. The van der Waals surface area contributed by atoms with Crippen molar-refractivity contribution in [2.24, 2.45) is 7.05 Å². The smallest absolute Gasteiger partial charge is 0.0660 e. The Morgan fingerprint density at radius 3 is 3.33 bits per heavy atom. The zero-order valence-electron chi connectivity index (χ0n) is 7.32. The van der Waals surface area contributed by atoms with Gasteiger partial charge in [-0.15, -0.1) is 0 Å². The van der Waals surface area contributed by atoms with Crippen molar-refractivity contribution in [3.05, 3.63) is 17.5 Å². The fourth-order valence-corrected chi connectivity index (χ4v) is 1.95. The van der Waals surface area contributed by atoms with Crippen molar-refractivity contribution in [1.82, 2.24) is 9.78 Å². The van der Waals surface area contributed by atoms with E-state index in [-0.39, 0.29) is 6.61 Å². The van der Waals surface area contributed by atoms with E-state index in [1.807, 2.05) is 17.9 Å². The minimum Gasteiger partial charge on any atom is -0.396 e. The van der Waals surface area contributed by atoms with Crippen molar-refractivity contribution in [3.8, 4) is 0 Å². The van der Waals surface area contributed by atoms with Gasteiger partial charge in [0.05, 0.1) is 12.3 Å². The summed E-state index contributed by atoms with van der Waals surface area (Å²) in [5, 5.41) is 13.5. The van der Waals surface area contributed by atoms with E-state index in [0.29, 0.717) is 5.92 Å². The fraction of sp³-hybridized carbons (Fsp3) is 0.667. The molecule has 66 valence electrons. The number of nitrogens with zero attached hydrogens (tertiary/aromatic N) is 2. The molecule has 0 aliphatic heterocycles. The number of fused-ring (bicyclic) bond motifs is 1. The van der Waals surface area contributed by atoms with Gasteiger partial charge in [-0.2, -0.15) is 5.10 Å². The third kappa shape index (κ3) is 1.14. The number of aliphatic hydroxyl groups excluding tert-OH is 1. The van der Waals surface area contributed by atoms with Crippen LogP contribution in [0.5, 0.6) is 0 Å². The third-order valence-corrected chi connectivity index (χ3v) is 2.56. The van der Waals surface area contributed by atoms with Gasteiger partial charge in [-0.1, -0.05) is 0 Å². The molecule has 0 spiro atoms. The Hall–Kier alpha value is -0.830. The molecule has 3 nitrogen and oxygen atoms in total. The van der Waals surface area contributed by atoms with Gasteiger partial charge in [0.25, 0.3) is 0 Å². The summed E-state index contributed by atoms with van der Waals surface area (Å²) >= 11 is 0. The maximum absolute atomic E-state index is 9.11. The normalized spacial score (nSPS) is 22.3. The molecule has 1 aromatic heterocycles. The highest BCUT2D eigenvalue weighted by Gasteiger charge is 2.21. The quantitative estimate of drug-likeness (QED) is 0.671. The first-order valence-corrected chi connectivity index (χ1v) is 4.44. The zero-order valence-corrected chi connectivity index (χ0v) is 7.32. The van der Waals surface area contributed by atoms with Gasteiger partial charge in [0.15, 0.2) is 0 Å². The molecule has 1 N–H and O–H groups in total. The predicted octanol–water partition coefficient (Wildman–Crippen LogP) is 0.832. The number of aryl methyl sites for hydroxylation is 2. The molecule has 3 heteroatoms. The molecule has 1 aliphatic rings. The first-order chi connectivity index (χ1) is 5.81. The van der Waals surface area contributed by atoms with E-state index in [1.54, 1.807) is 0 Å². The topological polar surface area (TPSA) is 38.0 Å². The summed E-state index contributed by atoms with van der Waals surface area (Å²) in [6.07, 6.45) is 5.38. The van der Waals surface area contributed by atoms with E-state index in [4.69, 9.17) is 5.11 Å². The molecule has 0 bridgehead atoms. The molecule has 1 aliphatic carbocycles. The summed E-state index contributed by atoms with van der Waals surface area (Å²) in [7, 11) is 1.94. The van der Waals surface area contributed by atoms with Crippen molar-refractivity contribution in [1.29, 1.82) is 0 Å². The second-order valence-electron chi connectivity index (χ2n) is 3.48. The van der Waals surface area contributed by atoms with Crippen LogP contribution in [0.2, 0.25) is 0 Å². The van der Waals surface area contributed by atoms with Crippen molar-refractivity contribution in [3.63, 3.8) is 0 Å². The Morgan fingerprint density at radius 2 is 2.58 bits per heavy atom. The molecule has 1 heterocycles. The predicted molar refractivity (Wildman–Crippen MR) is 46.0 cm³/mol. The lowest BCUT2D eigenvalue weighted by molar-refractivity contribution is 0.253. The lowest BCUT2D eigenvalue weighted by Crippen LogP contribution is -2.11. The lowest BCUT2D eigenvalue weighted by Gasteiger charge is -2.18. The minimum absolute atomic E-state index is 0.263. The highest BCUT2D eigenvalue weighted by atomic mass is 16.3. The lowest BCUT2D eigenvalue weighted by atomic mass is 9.88. The van der Waals surface area contributed by atoms with Gasteiger partial charge in [-0.3, -0.25) is 4.68 Å². The molecule has 0 fully saturated rings. The number of rotatable bonds is 1. The fourth-order valence-electron chi connectivity index (χ4n) is 1.95. The summed E-state index contributed by atoms with van der Waals surface area (Å²) in [5.74, 6) is 0.336. The highest BCUT2D eigenvalue weighted by molar-refractivity contribution is 5.24. The molecular formula is C9H14N2O. The van der Waals surface area contributed by atoms with Crippen molar-refractivity contribution in [2.75, 3.05) is 6.61 Å². The first-order valence-electron chi connectivity index (χ1n) is 4.44. The summed E-state index contributed by atoms with van der Waals surface area (Å²) in [6.45, 7) is 0.263. The first kappa shape index (κ1) is 7.80. The van der Waals surface area contributed by atoms with Crippen molar-refractivity contribution < 1.29 is 5.11 Å². The van der Waals surface area contributed by atoms with Crippen molar-refractivity contribution in [2.45, 2.75) is 25.2 Å². The molecule has 0 radical (unpaired) electrons. The molecule has 12 heavy (non-hydrogen) atoms. The van der Waals surface area contributed by atoms with Crippen LogP contribution in [0.4, 0.5) is 0 Å². The highest BCUT2D eigenvalue weighted by Crippen LogP contribution is 2.29. The number of aromatic nitrogens is 2. The molecule has 0 amide bonds. The van der Waals surface area contributed by atoms with Gasteiger partial charge in [-0.05, 0) is 24.8 Å². The van der Waals surface area contributed by atoms with E-state index < -0.39 is 0 Å². The maximum atomic E-state index is 9.11. The minimum atomic E-state index is 0.263. The van der Waals surface area contributed by atoms with Crippen LogP contribution in [0, 0.1) is 0 Å². The summed E-state index contributed by atoms with van der Waals surface area (Å²) in [6, 6.07) is 0. The molecule has 0 saturated carbocycles. The molecule has 0 saturated heterocycles. The molecule has 1 aromatic rings. The standard InChI is InChI=1S/C9H14N2O/c1-11-5-8-7(6-12)3-2-4-9(8)10-11/h5,7,12H,2-4,6H2,1H3. The Kier molecular flexibility index (Phi) is 1.89. The molecule has 1 atom stereocenters. The van der Waals surface area contributed by atoms with E-state index in [9.17, 15) is 0 Å². The van der Waals surface area contributed by atoms with Gasteiger partial charge in [0, 0.05) is 19.2 Å². The number of hydrogen-bond acceptors (Lipinski definition) is 2. The molecule has 0 aromatic carbocycles. The maximum Gasteiger partial charge on any atom is 0.0660 e. The van der Waals surface area contributed by atoms with Crippen LogP contribution in [-0.4, -0.2) is 21.5 Å². The summed E-state index contributed by atoms with van der Waals surface area (Å²) in [4.78, 5) is 0. The van der Waals surface area contributed by atoms with Gasteiger partial charge in [-0.25, -0.2) is 0 Å². The van der Waals surface area contributed by atoms with Gasteiger partial charge >= 0.3 is 0 Å². The Balaban J connectivity index is 2.36. The summed E-state index contributed by atoms with van der Waals surface area (Å²) < 4.78 is 1.85. The molecule has 2 rings (SSSR count). The molecular weight excluding hydrogens is 152 g/mol. The van der Waals surface area contributed by atoms with Crippen molar-refractivity contribution >= 4 is 0 Å². The van der Waals surface area contributed by atoms with Crippen LogP contribution >= 0.6 is 0 Å². The number of aliphatic hydroxyl groups is 1. The van der Waals surface area contributed by atoms with E-state index in [2.05, 4.69) is 5.10 Å². The Morgan fingerprint density at radius 1 is 1.75 bits per heavy atom. The van der Waals surface area contributed by atoms with Crippen LogP contribution in [0.15, 0.2) is 6.20 Å². The SMILES string of the molecule is Cn1cc2c(n1)CCCC2CO. The second-order valence-corrected chi connectivity index (χ2v) is 3.48. The van der Waals surface area contributed by atoms with Crippen LogP contribution < -0.4 is 0 Å². The van der Waals surface area contributed by atoms with Gasteiger partial charge < -0.3 is 5.11 Å². The van der Waals surface area contributed by atoms with Crippen LogP contribution in [-0.2, 0) is 13.5 Å². The molecule has 1 unspecified atom stereocenters. The van der Waals surface area contributed by atoms with E-state index in [0.717, 1.165) is 19.3 Å². The second kappa shape index (κ2) is 2.90. The Labute approximate surface area is 72.0 Å². The van der Waals surface area contributed by atoms with Crippen LogP contribution in [0.25, 0.3) is 0 Å². The largest absolute Gasteiger partial charge is 0.396 e. The average Bonchev–Trinajstić information content (AvgIpc) is 2.44. The van der Waals surface area contributed by atoms with Gasteiger partial charge in [0.1, 0.15) is 0 Å². The average molecular weight is 166 g/mol. The van der Waals surface area contributed by atoms with Crippen LogP contribution in [0.1, 0.15) is 30.0 Å². The number of hydrogen-bond donors (Lipinski definition) is 1. The monoisotopic (exact) mass is 166 g/mol. The Bertz CT molecular complexity index is 280. The van der Waals surface area contributed by atoms with Gasteiger partial charge in [0.2, 0.25) is 0 Å². The summed E-state index contributed by atoms with van der Waals surface area (Å²) in [5.41, 5.74) is 2.44. The van der Waals surface area contributed by atoms with E-state index >= 15 is 0 Å². The van der Waals surface area contributed by atoms with Crippen LogP contribution in [0.3, 0.4) is 0 Å².